The van der Waals surface area contributed by atoms with E-state index in [4.69, 9.17) is 4.74 Å². The van der Waals surface area contributed by atoms with Crippen LogP contribution in [-0.4, -0.2) is 47.4 Å². The summed E-state index contributed by atoms with van der Waals surface area (Å²) in [6, 6.07) is -0.551. The summed E-state index contributed by atoms with van der Waals surface area (Å²) in [6.07, 6.45) is 60.9. The zero-order valence-electron chi connectivity index (χ0n) is 42.8. The molecule has 0 heterocycles. The Balaban J connectivity index is 3.41. The van der Waals surface area contributed by atoms with Gasteiger partial charge >= 0.3 is 5.97 Å². The minimum Gasteiger partial charge on any atom is -0.466 e. The van der Waals surface area contributed by atoms with E-state index in [2.05, 4.69) is 19.2 Å². The Bertz CT molecular complexity index is 898. The first kappa shape index (κ1) is 61.9. The zero-order valence-corrected chi connectivity index (χ0v) is 42.8. The van der Waals surface area contributed by atoms with Crippen LogP contribution in [0.5, 0.6) is 0 Å². The fourth-order valence-corrected chi connectivity index (χ4v) is 9.23. The minimum atomic E-state index is -0.673. The predicted molar refractivity (Wildman–Crippen MR) is 274 cm³/mol. The average Bonchev–Trinajstić information content (AvgIpc) is 3.28. The summed E-state index contributed by atoms with van der Waals surface area (Å²) in [5, 5.41) is 23.3. The van der Waals surface area contributed by atoms with Crippen LogP contribution >= 0.6 is 0 Å². The third-order valence-corrected chi connectivity index (χ3v) is 13.7. The van der Waals surface area contributed by atoms with Gasteiger partial charge in [0.25, 0.3) is 0 Å². The number of rotatable bonds is 54. The summed E-state index contributed by atoms with van der Waals surface area (Å²) < 4.78 is 5.49. The average molecular weight is 893 g/mol. The number of ether oxygens (including phenoxy) is 1. The lowest BCUT2D eigenvalue weighted by molar-refractivity contribution is -0.143. The molecular formula is C57H113NO5. The molecule has 0 radical (unpaired) electrons. The largest absolute Gasteiger partial charge is 0.466 e. The van der Waals surface area contributed by atoms with Crippen molar-refractivity contribution < 1.29 is 24.5 Å². The first-order chi connectivity index (χ1) is 31.0. The number of esters is 1. The SMILES string of the molecule is CCCCCCCCCCCCCCCCCCCCCC(=O)OCCCCCCCCCCCCCCC(=O)NC(CO)C(O)CCCCCCCCCCCCCCCCC. The molecule has 1 amide bonds. The summed E-state index contributed by atoms with van der Waals surface area (Å²) in [6.45, 7) is 4.95. The van der Waals surface area contributed by atoms with Crippen molar-refractivity contribution in [1.82, 2.24) is 5.32 Å². The molecule has 0 aromatic rings. The topological polar surface area (TPSA) is 95.9 Å². The maximum atomic E-state index is 12.5. The Morgan fingerprint density at radius 3 is 0.968 bits per heavy atom. The molecule has 0 bridgehead atoms. The van der Waals surface area contributed by atoms with Gasteiger partial charge in [-0.25, -0.2) is 0 Å². The maximum Gasteiger partial charge on any atom is 0.305 e. The summed E-state index contributed by atoms with van der Waals surface area (Å²) >= 11 is 0. The molecule has 0 aromatic carbocycles. The second-order valence-corrected chi connectivity index (χ2v) is 20.0. The number of hydrogen-bond acceptors (Lipinski definition) is 5. The number of amides is 1. The molecule has 63 heavy (non-hydrogen) atoms. The monoisotopic (exact) mass is 892 g/mol. The second kappa shape index (κ2) is 53.5. The van der Waals surface area contributed by atoms with Crippen LogP contribution in [0.25, 0.3) is 0 Å². The lowest BCUT2D eigenvalue weighted by Gasteiger charge is -2.22. The van der Waals surface area contributed by atoms with E-state index in [9.17, 15) is 19.8 Å². The number of unbranched alkanes of at least 4 members (excludes halogenated alkanes) is 43. The number of aliphatic hydroxyl groups excluding tert-OH is 2. The van der Waals surface area contributed by atoms with Crippen LogP contribution in [0.4, 0.5) is 0 Å². The highest BCUT2D eigenvalue weighted by Gasteiger charge is 2.20. The van der Waals surface area contributed by atoms with Crippen molar-refractivity contribution in [1.29, 1.82) is 0 Å². The van der Waals surface area contributed by atoms with Crippen molar-refractivity contribution in [2.75, 3.05) is 13.2 Å². The van der Waals surface area contributed by atoms with Crippen molar-refractivity contribution in [3.8, 4) is 0 Å². The molecule has 2 atom stereocenters. The smallest absolute Gasteiger partial charge is 0.305 e. The lowest BCUT2D eigenvalue weighted by Crippen LogP contribution is -2.45. The van der Waals surface area contributed by atoms with E-state index in [0.29, 0.717) is 25.9 Å². The molecule has 0 spiro atoms. The highest BCUT2D eigenvalue weighted by atomic mass is 16.5. The Labute approximate surface area is 394 Å². The number of carbonyl (C=O) groups excluding carboxylic acids is 2. The molecular weight excluding hydrogens is 779 g/mol. The summed E-state index contributed by atoms with van der Waals surface area (Å²) in [5.74, 6) is -0.0508. The van der Waals surface area contributed by atoms with Crippen LogP contribution in [0, 0.1) is 0 Å². The van der Waals surface area contributed by atoms with Crippen molar-refractivity contribution >= 4 is 11.9 Å². The van der Waals surface area contributed by atoms with Gasteiger partial charge in [0.1, 0.15) is 0 Å². The van der Waals surface area contributed by atoms with Crippen LogP contribution in [0.3, 0.4) is 0 Å². The van der Waals surface area contributed by atoms with E-state index in [1.165, 1.54) is 238 Å². The Hall–Kier alpha value is -1.14. The molecule has 0 saturated heterocycles. The van der Waals surface area contributed by atoms with E-state index in [0.717, 1.165) is 57.8 Å². The van der Waals surface area contributed by atoms with Gasteiger partial charge in [0.05, 0.1) is 25.4 Å². The molecule has 3 N–H and O–H groups in total. The summed E-state index contributed by atoms with van der Waals surface area (Å²) in [5.41, 5.74) is 0. The third-order valence-electron chi connectivity index (χ3n) is 13.7. The minimum absolute atomic E-state index is 0.00342. The third kappa shape index (κ3) is 50.1. The second-order valence-electron chi connectivity index (χ2n) is 20.0. The van der Waals surface area contributed by atoms with Crippen LogP contribution in [0.2, 0.25) is 0 Å². The molecule has 0 aliphatic carbocycles. The van der Waals surface area contributed by atoms with Crippen LogP contribution in [0.15, 0.2) is 0 Å². The molecule has 6 nitrogen and oxygen atoms in total. The molecule has 0 aliphatic heterocycles. The molecule has 0 aromatic heterocycles. The van der Waals surface area contributed by atoms with Gasteiger partial charge in [-0.05, 0) is 25.7 Å². The van der Waals surface area contributed by atoms with Gasteiger partial charge in [-0.2, -0.15) is 0 Å². The first-order valence-electron chi connectivity index (χ1n) is 28.8. The maximum absolute atomic E-state index is 12.5. The van der Waals surface area contributed by atoms with Crippen LogP contribution in [0.1, 0.15) is 328 Å². The Morgan fingerprint density at radius 2 is 0.651 bits per heavy atom. The van der Waals surface area contributed by atoms with Gasteiger partial charge in [0.2, 0.25) is 5.91 Å². The van der Waals surface area contributed by atoms with Crippen LogP contribution in [-0.2, 0) is 14.3 Å². The van der Waals surface area contributed by atoms with Gasteiger partial charge in [0, 0.05) is 12.8 Å². The normalized spacial score (nSPS) is 12.5. The molecule has 376 valence electrons. The summed E-state index contributed by atoms with van der Waals surface area (Å²) in [4.78, 5) is 24.6. The fourth-order valence-electron chi connectivity index (χ4n) is 9.23. The van der Waals surface area contributed by atoms with Crippen molar-refractivity contribution in [2.45, 2.75) is 341 Å². The lowest BCUT2D eigenvalue weighted by atomic mass is 10.0. The number of carbonyl (C=O) groups is 2. The van der Waals surface area contributed by atoms with Crippen molar-refractivity contribution in [3.05, 3.63) is 0 Å². The highest BCUT2D eigenvalue weighted by Crippen LogP contribution is 2.18. The van der Waals surface area contributed by atoms with E-state index in [-0.39, 0.29) is 18.5 Å². The molecule has 6 heteroatoms. The zero-order chi connectivity index (χ0) is 45.8. The fraction of sp³-hybridized carbons (Fsp3) is 0.965. The highest BCUT2D eigenvalue weighted by molar-refractivity contribution is 5.76. The first-order valence-corrected chi connectivity index (χ1v) is 28.8. The molecule has 0 aliphatic rings. The molecule has 2 unspecified atom stereocenters. The van der Waals surface area contributed by atoms with E-state index in [1.807, 2.05) is 0 Å². The van der Waals surface area contributed by atoms with Gasteiger partial charge in [-0.1, -0.05) is 290 Å². The van der Waals surface area contributed by atoms with E-state index in [1.54, 1.807) is 0 Å². The Morgan fingerprint density at radius 1 is 0.381 bits per heavy atom. The van der Waals surface area contributed by atoms with E-state index < -0.39 is 12.1 Å². The molecule has 0 saturated carbocycles. The summed E-state index contributed by atoms with van der Waals surface area (Å²) in [7, 11) is 0. The standard InChI is InChI=1S/C57H113NO5/c1-3-5-7-9-11-13-15-17-19-20-21-22-24-26-31-35-39-43-47-51-57(62)63-52-48-44-40-36-32-28-27-30-34-38-42-46-50-56(61)58-54(53-59)55(60)49-45-41-37-33-29-25-23-18-16-14-12-10-8-6-4-2/h54-55,59-60H,3-53H2,1-2H3,(H,58,61). The number of hydrogen-bond donors (Lipinski definition) is 3. The quantitative estimate of drug-likeness (QED) is 0.0418. The Kier molecular flexibility index (Phi) is 52.5. The van der Waals surface area contributed by atoms with Gasteiger partial charge in [0.15, 0.2) is 0 Å². The van der Waals surface area contributed by atoms with E-state index >= 15 is 0 Å². The van der Waals surface area contributed by atoms with Crippen LogP contribution < -0.4 is 5.32 Å². The number of aliphatic hydroxyl groups is 2. The van der Waals surface area contributed by atoms with Crippen molar-refractivity contribution in [3.63, 3.8) is 0 Å². The number of nitrogens with one attached hydrogen (secondary N) is 1. The predicted octanol–water partition coefficient (Wildman–Crippen LogP) is 17.5. The van der Waals surface area contributed by atoms with Gasteiger partial charge < -0.3 is 20.3 Å². The van der Waals surface area contributed by atoms with Crippen molar-refractivity contribution in [2.24, 2.45) is 0 Å². The molecule has 0 rings (SSSR count). The van der Waals surface area contributed by atoms with Gasteiger partial charge in [-0.15, -0.1) is 0 Å². The molecule has 0 fully saturated rings. The van der Waals surface area contributed by atoms with Gasteiger partial charge in [-0.3, -0.25) is 9.59 Å².